The molecular formula is C19H26IN7S. The highest BCUT2D eigenvalue weighted by molar-refractivity contribution is 14.0. The Kier molecular flexibility index (Phi) is 8.84. The van der Waals surface area contributed by atoms with Crippen molar-refractivity contribution in [2.24, 2.45) is 4.99 Å². The average molecular weight is 511 g/mol. The molecule has 0 atom stereocenters. The molecule has 0 aromatic carbocycles. The lowest BCUT2D eigenvalue weighted by atomic mass is 10.3. The summed E-state index contributed by atoms with van der Waals surface area (Å²) < 4.78 is 1.96. The van der Waals surface area contributed by atoms with E-state index in [1.165, 1.54) is 4.88 Å². The fourth-order valence-corrected chi connectivity index (χ4v) is 3.38. The van der Waals surface area contributed by atoms with Crippen LogP contribution >= 0.6 is 35.3 Å². The number of nitrogens with one attached hydrogen (secondary N) is 2. The Balaban J connectivity index is 0.00000280. The van der Waals surface area contributed by atoms with Crippen LogP contribution in [0.15, 0.2) is 41.9 Å². The van der Waals surface area contributed by atoms with Crippen LogP contribution < -0.4 is 10.6 Å². The van der Waals surface area contributed by atoms with Crippen LogP contribution in [0.1, 0.15) is 28.2 Å². The molecule has 3 aromatic rings. The van der Waals surface area contributed by atoms with Crippen LogP contribution in [0, 0.1) is 13.8 Å². The molecule has 150 valence electrons. The van der Waals surface area contributed by atoms with Crippen LogP contribution in [-0.2, 0) is 13.0 Å². The summed E-state index contributed by atoms with van der Waals surface area (Å²) in [5, 5.41) is 7.78. The third-order valence-electron chi connectivity index (χ3n) is 3.95. The molecule has 3 heterocycles. The van der Waals surface area contributed by atoms with Crippen molar-refractivity contribution in [2.75, 3.05) is 13.1 Å². The molecule has 0 aliphatic heterocycles. The Hall–Kier alpha value is -2.01. The van der Waals surface area contributed by atoms with Gasteiger partial charge in [-0.05, 0) is 32.4 Å². The van der Waals surface area contributed by atoms with Gasteiger partial charge < -0.3 is 10.6 Å². The number of aryl methyl sites for hydroxylation is 2. The Morgan fingerprint density at radius 1 is 1.14 bits per heavy atom. The third-order valence-corrected chi connectivity index (χ3v) is 4.92. The number of halogens is 1. The zero-order chi connectivity index (χ0) is 19.1. The maximum Gasteiger partial charge on any atom is 0.191 e. The summed E-state index contributed by atoms with van der Waals surface area (Å²) in [4.78, 5) is 19.0. The Morgan fingerprint density at radius 3 is 2.61 bits per heavy atom. The van der Waals surface area contributed by atoms with Crippen molar-refractivity contribution in [3.63, 3.8) is 0 Å². The minimum absolute atomic E-state index is 0. The summed E-state index contributed by atoms with van der Waals surface area (Å²) >= 11 is 1.74. The first-order chi connectivity index (χ1) is 13.2. The smallest absolute Gasteiger partial charge is 0.191 e. The number of nitrogens with zero attached hydrogens (tertiary/aromatic N) is 5. The summed E-state index contributed by atoms with van der Waals surface area (Å²) in [7, 11) is 0. The first kappa shape index (κ1) is 22.3. The number of hydrogen-bond acceptors (Lipinski definition) is 5. The summed E-state index contributed by atoms with van der Waals surface area (Å²) in [6, 6.07) is 4.04. The van der Waals surface area contributed by atoms with Gasteiger partial charge in [0.15, 0.2) is 5.96 Å². The largest absolute Gasteiger partial charge is 0.357 e. The zero-order valence-corrected chi connectivity index (χ0v) is 19.5. The van der Waals surface area contributed by atoms with E-state index in [9.17, 15) is 0 Å². The zero-order valence-electron chi connectivity index (χ0n) is 16.3. The lowest BCUT2D eigenvalue weighted by Crippen LogP contribution is -2.38. The van der Waals surface area contributed by atoms with Crippen LogP contribution in [0.2, 0.25) is 0 Å². The van der Waals surface area contributed by atoms with Gasteiger partial charge in [0.25, 0.3) is 0 Å². The molecule has 0 spiro atoms. The number of aromatic nitrogens is 4. The van der Waals surface area contributed by atoms with Crippen LogP contribution in [0.5, 0.6) is 0 Å². The monoisotopic (exact) mass is 511 g/mol. The van der Waals surface area contributed by atoms with Crippen LogP contribution in [0.25, 0.3) is 5.82 Å². The van der Waals surface area contributed by atoms with Gasteiger partial charge in [0.05, 0.1) is 11.6 Å². The van der Waals surface area contributed by atoms with E-state index in [2.05, 4.69) is 44.4 Å². The van der Waals surface area contributed by atoms with E-state index in [4.69, 9.17) is 0 Å². The van der Waals surface area contributed by atoms with Gasteiger partial charge in [-0.2, -0.15) is 0 Å². The standard InChI is InChI=1S/C19H25N7S.HI/c1-4-20-19(22-8-7-18-24-11-14(2)27-18)25-13-16-5-6-17(23-12-16)26-10-9-21-15(26)3;/h5-6,9-12H,4,7-8,13H2,1-3H3,(H2,20,22,25);1H. The van der Waals surface area contributed by atoms with Crippen molar-refractivity contribution in [1.82, 2.24) is 30.2 Å². The molecule has 3 aromatic heterocycles. The second kappa shape index (κ2) is 11.1. The molecule has 2 N–H and O–H groups in total. The Morgan fingerprint density at radius 2 is 2.00 bits per heavy atom. The summed E-state index contributed by atoms with van der Waals surface area (Å²) in [5.41, 5.74) is 1.06. The molecule has 0 aliphatic rings. The number of imidazole rings is 1. The van der Waals surface area contributed by atoms with E-state index >= 15 is 0 Å². The molecule has 0 radical (unpaired) electrons. The second-order valence-corrected chi connectivity index (χ2v) is 7.43. The SMILES string of the molecule is CCNC(=NCc1ccc(-n2ccnc2C)nc1)NCCc1ncc(C)s1.I. The highest BCUT2D eigenvalue weighted by Gasteiger charge is 2.03. The molecule has 0 unspecified atom stereocenters. The molecule has 0 fully saturated rings. The number of rotatable bonds is 7. The van der Waals surface area contributed by atoms with E-state index in [0.717, 1.165) is 47.7 Å². The van der Waals surface area contributed by atoms with E-state index in [-0.39, 0.29) is 24.0 Å². The van der Waals surface area contributed by atoms with E-state index in [1.807, 2.05) is 42.2 Å². The maximum atomic E-state index is 4.65. The Labute approximate surface area is 186 Å². The molecule has 28 heavy (non-hydrogen) atoms. The number of pyridine rings is 1. The Bertz CT molecular complexity index is 886. The van der Waals surface area contributed by atoms with Crippen molar-refractivity contribution >= 4 is 41.3 Å². The molecular weight excluding hydrogens is 485 g/mol. The first-order valence-corrected chi connectivity index (χ1v) is 9.86. The van der Waals surface area contributed by atoms with Gasteiger partial charge in [-0.1, -0.05) is 6.07 Å². The van der Waals surface area contributed by atoms with Crippen molar-refractivity contribution in [3.05, 3.63) is 58.2 Å². The predicted molar refractivity (Wildman–Crippen MR) is 125 cm³/mol. The van der Waals surface area contributed by atoms with Gasteiger partial charge in [-0.25, -0.2) is 19.9 Å². The summed E-state index contributed by atoms with van der Waals surface area (Å²) in [6.45, 7) is 8.29. The molecule has 0 saturated carbocycles. The number of thiazole rings is 1. The quantitative estimate of drug-likeness (QED) is 0.289. The number of hydrogen-bond donors (Lipinski definition) is 2. The molecule has 3 rings (SSSR count). The normalized spacial score (nSPS) is 11.2. The topological polar surface area (TPSA) is 80.0 Å². The van der Waals surface area contributed by atoms with Crippen LogP contribution in [0.3, 0.4) is 0 Å². The van der Waals surface area contributed by atoms with E-state index in [1.54, 1.807) is 17.5 Å². The maximum absolute atomic E-state index is 4.65. The minimum atomic E-state index is 0. The van der Waals surface area contributed by atoms with Crippen molar-refractivity contribution in [3.8, 4) is 5.82 Å². The van der Waals surface area contributed by atoms with Gasteiger partial charge >= 0.3 is 0 Å². The minimum Gasteiger partial charge on any atom is -0.357 e. The van der Waals surface area contributed by atoms with Gasteiger partial charge in [0.2, 0.25) is 0 Å². The van der Waals surface area contributed by atoms with Crippen molar-refractivity contribution in [1.29, 1.82) is 0 Å². The number of aliphatic imine (C=N–C) groups is 1. The predicted octanol–water partition coefficient (Wildman–Crippen LogP) is 3.26. The van der Waals surface area contributed by atoms with Crippen molar-refractivity contribution in [2.45, 2.75) is 33.7 Å². The van der Waals surface area contributed by atoms with Gasteiger partial charge in [-0.15, -0.1) is 35.3 Å². The van der Waals surface area contributed by atoms with Crippen molar-refractivity contribution < 1.29 is 0 Å². The average Bonchev–Trinajstić information content (AvgIpc) is 3.28. The van der Waals surface area contributed by atoms with Gasteiger partial charge in [0.1, 0.15) is 11.6 Å². The van der Waals surface area contributed by atoms with Crippen LogP contribution in [-0.4, -0.2) is 38.6 Å². The summed E-state index contributed by atoms with van der Waals surface area (Å²) in [6.07, 6.45) is 8.36. The molecule has 0 bridgehead atoms. The fraction of sp³-hybridized carbons (Fsp3) is 0.368. The highest BCUT2D eigenvalue weighted by atomic mass is 127. The lowest BCUT2D eigenvalue weighted by Gasteiger charge is -2.11. The molecule has 0 saturated heterocycles. The first-order valence-electron chi connectivity index (χ1n) is 9.04. The second-order valence-electron chi connectivity index (χ2n) is 6.11. The molecule has 9 heteroatoms. The molecule has 7 nitrogen and oxygen atoms in total. The highest BCUT2D eigenvalue weighted by Crippen LogP contribution is 2.11. The third kappa shape index (κ3) is 6.26. The van der Waals surface area contributed by atoms with E-state index in [0.29, 0.717) is 6.54 Å². The fourth-order valence-electron chi connectivity index (χ4n) is 2.59. The van der Waals surface area contributed by atoms with Gasteiger partial charge in [0, 0.05) is 49.2 Å². The van der Waals surface area contributed by atoms with Gasteiger partial charge in [-0.3, -0.25) is 4.57 Å². The lowest BCUT2D eigenvalue weighted by molar-refractivity contribution is 0.796. The van der Waals surface area contributed by atoms with E-state index < -0.39 is 0 Å². The summed E-state index contributed by atoms with van der Waals surface area (Å²) in [5.74, 6) is 2.59. The number of guanidine groups is 1. The molecule has 0 amide bonds. The van der Waals surface area contributed by atoms with Crippen LogP contribution in [0.4, 0.5) is 0 Å². The molecule has 0 aliphatic carbocycles.